The van der Waals surface area contributed by atoms with E-state index in [-0.39, 0.29) is 12.5 Å². The molecule has 1 saturated carbocycles. The number of hydrogen-bond acceptors (Lipinski definition) is 5. The molecule has 2 aliphatic rings. The van der Waals surface area contributed by atoms with Gasteiger partial charge in [0.2, 0.25) is 11.8 Å². The highest BCUT2D eigenvalue weighted by Crippen LogP contribution is 2.26. The van der Waals surface area contributed by atoms with Crippen LogP contribution in [0.5, 0.6) is 0 Å². The molecule has 0 radical (unpaired) electrons. The number of nitrogens with one attached hydrogen (secondary N) is 3. The van der Waals surface area contributed by atoms with Gasteiger partial charge in [0, 0.05) is 0 Å². The minimum atomic E-state index is -0.877. The Morgan fingerprint density at radius 2 is 2.00 bits per heavy atom. The van der Waals surface area contributed by atoms with Crippen molar-refractivity contribution in [1.29, 1.82) is 0 Å². The standard InChI is InChI=1S/C13H22N4O3/c14-9(6-8-4-2-1-3-5-8)12(19)17-11-13(20)16-10(18)7-15-11/h8-9,11,15H,1-7,14H2,(H,17,19)(H,16,18,20)/t9-,11?/m0/s1. The molecule has 0 bridgehead atoms. The minimum absolute atomic E-state index is 0.00848. The van der Waals surface area contributed by atoms with Crippen LogP contribution in [-0.2, 0) is 14.4 Å². The number of piperazine rings is 1. The molecule has 1 unspecified atom stereocenters. The molecular formula is C13H22N4O3. The molecule has 1 heterocycles. The Balaban J connectivity index is 1.78. The van der Waals surface area contributed by atoms with Crippen LogP contribution in [0.25, 0.3) is 0 Å². The van der Waals surface area contributed by atoms with Crippen molar-refractivity contribution in [3.63, 3.8) is 0 Å². The zero-order valence-electron chi connectivity index (χ0n) is 11.5. The summed E-state index contributed by atoms with van der Waals surface area (Å²) in [5, 5.41) is 7.36. The van der Waals surface area contributed by atoms with Crippen molar-refractivity contribution < 1.29 is 14.4 Å². The van der Waals surface area contributed by atoms with Crippen LogP contribution < -0.4 is 21.7 Å². The molecule has 112 valence electrons. The van der Waals surface area contributed by atoms with E-state index in [0.717, 1.165) is 12.8 Å². The number of rotatable bonds is 4. The molecule has 2 fully saturated rings. The lowest BCUT2D eigenvalue weighted by atomic mass is 9.85. The monoisotopic (exact) mass is 282 g/mol. The molecule has 0 aromatic heterocycles. The largest absolute Gasteiger partial charge is 0.331 e. The third-order valence-corrected chi connectivity index (χ3v) is 3.93. The van der Waals surface area contributed by atoms with Crippen molar-refractivity contribution in [3.05, 3.63) is 0 Å². The Bertz CT molecular complexity index is 393. The van der Waals surface area contributed by atoms with E-state index in [1.54, 1.807) is 0 Å². The highest BCUT2D eigenvalue weighted by atomic mass is 16.2. The summed E-state index contributed by atoms with van der Waals surface area (Å²) in [5.74, 6) is -0.789. The fourth-order valence-corrected chi connectivity index (χ4v) is 2.80. The van der Waals surface area contributed by atoms with E-state index < -0.39 is 24.0 Å². The number of carbonyl (C=O) groups excluding carboxylic acids is 3. The Hall–Kier alpha value is -1.47. The van der Waals surface area contributed by atoms with Gasteiger partial charge in [0.05, 0.1) is 12.6 Å². The highest BCUT2D eigenvalue weighted by Gasteiger charge is 2.29. The van der Waals surface area contributed by atoms with Gasteiger partial charge in [0.25, 0.3) is 5.91 Å². The van der Waals surface area contributed by atoms with Gasteiger partial charge in [0.15, 0.2) is 6.17 Å². The van der Waals surface area contributed by atoms with Crippen molar-refractivity contribution in [3.8, 4) is 0 Å². The first-order chi connectivity index (χ1) is 9.56. The summed E-state index contributed by atoms with van der Waals surface area (Å²) in [5.41, 5.74) is 5.90. The van der Waals surface area contributed by atoms with E-state index >= 15 is 0 Å². The van der Waals surface area contributed by atoms with Crippen molar-refractivity contribution in [2.75, 3.05) is 6.54 Å². The number of amides is 3. The summed E-state index contributed by atoms with van der Waals surface area (Å²) in [6.45, 7) is 0.00848. The SMILES string of the molecule is N[C@@H](CC1CCCCC1)C(=O)NC1NCC(=O)NC1=O. The molecule has 7 nitrogen and oxygen atoms in total. The molecule has 0 aromatic rings. The molecule has 1 aliphatic carbocycles. The van der Waals surface area contributed by atoms with Gasteiger partial charge in [-0.2, -0.15) is 0 Å². The molecule has 2 atom stereocenters. The van der Waals surface area contributed by atoms with Crippen LogP contribution >= 0.6 is 0 Å². The number of carbonyl (C=O) groups is 3. The Kier molecular flexibility index (Phi) is 5.08. The second-order valence-corrected chi connectivity index (χ2v) is 5.58. The third kappa shape index (κ3) is 4.01. The van der Waals surface area contributed by atoms with Crippen LogP contribution in [-0.4, -0.2) is 36.5 Å². The average Bonchev–Trinajstić information content (AvgIpc) is 2.43. The summed E-state index contributed by atoms with van der Waals surface area (Å²) >= 11 is 0. The summed E-state index contributed by atoms with van der Waals surface area (Å²) in [4.78, 5) is 34.4. The van der Waals surface area contributed by atoms with Gasteiger partial charge in [-0.25, -0.2) is 0 Å². The van der Waals surface area contributed by atoms with Crippen molar-refractivity contribution >= 4 is 17.7 Å². The van der Waals surface area contributed by atoms with E-state index in [4.69, 9.17) is 5.73 Å². The minimum Gasteiger partial charge on any atom is -0.331 e. The van der Waals surface area contributed by atoms with E-state index in [2.05, 4.69) is 16.0 Å². The smallest absolute Gasteiger partial charge is 0.264 e. The quantitative estimate of drug-likeness (QED) is 0.493. The molecule has 7 heteroatoms. The summed E-state index contributed by atoms with van der Waals surface area (Å²) in [6, 6.07) is -0.606. The normalized spacial score (nSPS) is 25.9. The Morgan fingerprint density at radius 3 is 2.65 bits per heavy atom. The van der Waals surface area contributed by atoms with Crippen LogP contribution in [0.3, 0.4) is 0 Å². The van der Waals surface area contributed by atoms with Gasteiger partial charge >= 0.3 is 0 Å². The van der Waals surface area contributed by atoms with Gasteiger partial charge in [-0.05, 0) is 12.3 Å². The first kappa shape index (κ1) is 14.9. The summed E-state index contributed by atoms with van der Waals surface area (Å²) < 4.78 is 0. The molecule has 2 rings (SSSR count). The van der Waals surface area contributed by atoms with Crippen LogP contribution in [0.15, 0.2) is 0 Å². The summed E-state index contributed by atoms with van der Waals surface area (Å²) in [6.07, 6.45) is 5.69. The van der Waals surface area contributed by atoms with Crippen molar-refractivity contribution in [1.82, 2.24) is 16.0 Å². The first-order valence-electron chi connectivity index (χ1n) is 7.19. The van der Waals surface area contributed by atoms with Gasteiger partial charge in [-0.15, -0.1) is 0 Å². The molecule has 5 N–H and O–H groups in total. The maximum absolute atomic E-state index is 12.0. The number of imide groups is 1. The van der Waals surface area contributed by atoms with Gasteiger partial charge in [-0.3, -0.25) is 25.0 Å². The zero-order chi connectivity index (χ0) is 14.5. The van der Waals surface area contributed by atoms with E-state index in [1.165, 1.54) is 19.3 Å². The van der Waals surface area contributed by atoms with E-state index in [1.807, 2.05) is 0 Å². The van der Waals surface area contributed by atoms with E-state index in [9.17, 15) is 14.4 Å². The molecule has 1 saturated heterocycles. The molecule has 0 spiro atoms. The second-order valence-electron chi connectivity index (χ2n) is 5.58. The lowest BCUT2D eigenvalue weighted by molar-refractivity contribution is -0.138. The van der Waals surface area contributed by atoms with Gasteiger partial charge in [-0.1, -0.05) is 32.1 Å². The molecule has 3 amide bonds. The maximum Gasteiger partial charge on any atom is 0.264 e. The fourth-order valence-electron chi connectivity index (χ4n) is 2.80. The zero-order valence-corrected chi connectivity index (χ0v) is 11.5. The Labute approximate surface area is 118 Å². The topological polar surface area (TPSA) is 113 Å². The predicted octanol–water partition coefficient (Wildman–Crippen LogP) is -1.03. The van der Waals surface area contributed by atoms with Crippen molar-refractivity contribution in [2.45, 2.75) is 50.7 Å². The molecular weight excluding hydrogens is 260 g/mol. The molecule has 20 heavy (non-hydrogen) atoms. The number of nitrogens with two attached hydrogens (primary N) is 1. The lowest BCUT2D eigenvalue weighted by Gasteiger charge is -2.27. The number of hydrogen-bond donors (Lipinski definition) is 4. The average molecular weight is 282 g/mol. The fraction of sp³-hybridized carbons (Fsp3) is 0.769. The van der Waals surface area contributed by atoms with Crippen LogP contribution in [0.4, 0.5) is 0 Å². The van der Waals surface area contributed by atoms with Crippen LogP contribution in [0, 0.1) is 5.92 Å². The van der Waals surface area contributed by atoms with Crippen LogP contribution in [0.1, 0.15) is 38.5 Å². The maximum atomic E-state index is 12.0. The molecule has 1 aliphatic heterocycles. The third-order valence-electron chi connectivity index (χ3n) is 3.93. The predicted molar refractivity (Wildman–Crippen MR) is 72.3 cm³/mol. The lowest BCUT2D eigenvalue weighted by Crippen LogP contribution is -2.64. The highest BCUT2D eigenvalue weighted by molar-refractivity contribution is 6.02. The van der Waals surface area contributed by atoms with Gasteiger partial charge < -0.3 is 11.1 Å². The molecule has 0 aromatic carbocycles. The summed E-state index contributed by atoms with van der Waals surface area (Å²) in [7, 11) is 0. The Morgan fingerprint density at radius 1 is 1.30 bits per heavy atom. The second kappa shape index (κ2) is 6.81. The van der Waals surface area contributed by atoms with Crippen LogP contribution in [0.2, 0.25) is 0 Å². The van der Waals surface area contributed by atoms with Gasteiger partial charge in [0.1, 0.15) is 0 Å². The van der Waals surface area contributed by atoms with Crippen molar-refractivity contribution in [2.24, 2.45) is 11.7 Å². The first-order valence-corrected chi connectivity index (χ1v) is 7.19. The van der Waals surface area contributed by atoms with E-state index in [0.29, 0.717) is 12.3 Å².